The summed E-state index contributed by atoms with van der Waals surface area (Å²) in [6, 6.07) is 3.78. The maximum Gasteiger partial charge on any atom is 0.270 e. The molecule has 140 valence electrons. The molecule has 1 aliphatic rings. The Balaban J connectivity index is 1.73. The van der Waals surface area contributed by atoms with Crippen LogP contribution in [-0.4, -0.2) is 40.4 Å². The Morgan fingerprint density at radius 1 is 1.38 bits per heavy atom. The highest BCUT2D eigenvalue weighted by Gasteiger charge is 2.30. The first kappa shape index (κ1) is 18.8. The Morgan fingerprint density at radius 2 is 2.08 bits per heavy atom. The molecule has 1 N–H and O–H groups in total. The molecule has 0 radical (unpaired) electrons. The van der Waals surface area contributed by atoms with Gasteiger partial charge in [0.15, 0.2) is 10.3 Å². The first-order chi connectivity index (χ1) is 12.4. The zero-order valence-corrected chi connectivity index (χ0v) is 16.7. The van der Waals surface area contributed by atoms with Crippen molar-refractivity contribution in [2.24, 2.45) is 5.92 Å². The summed E-state index contributed by atoms with van der Waals surface area (Å²) in [5, 5.41) is 2.96. The first-order valence-corrected chi connectivity index (χ1v) is 9.69. The predicted molar refractivity (Wildman–Crippen MR) is 104 cm³/mol. The van der Waals surface area contributed by atoms with E-state index in [1.807, 2.05) is 29.4 Å². The molecule has 26 heavy (non-hydrogen) atoms. The van der Waals surface area contributed by atoms with Gasteiger partial charge in [-0.15, -0.1) is 6.58 Å². The van der Waals surface area contributed by atoms with Gasteiger partial charge in [0.1, 0.15) is 5.69 Å². The molecule has 0 atom stereocenters. The molecule has 1 fully saturated rings. The number of amides is 2. The van der Waals surface area contributed by atoms with Gasteiger partial charge in [0.2, 0.25) is 5.91 Å². The van der Waals surface area contributed by atoms with Crippen LogP contribution in [0.15, 0.2) is 33.9 Å². The van der Waals surface area contributed by atoms with Crippen molar-refractivity contribution in [3.8, 4) is 0 Å². The Hall–Kier alpha value is -2.02. The monoisotopic (exact) mass is 421 g/mol. The van der Waals surface area contributed by atoms with Crippen LogP contribution >= 0.6 is 15.9 Å². The van der Waals surface area contributed by atoms with Gasteiger partial charge in [0.25, 0.3) is 5.91 Å². The van der Waals surface area contributed by atoms with E-state index in [0.29, 0.717) is 48.4 Å². The molecule has 7 heteroatoms. The summed E-state index contributed by atoms with van der Waals surface area (Å²) in [6.07, 6.45) is 3.14. The molecule has 2 aromatic heterocycles. The molecule has 2 aromatic rings. The highest BCUT2D eigenvalue weighted by atomic mass is 79.9. The average molecular weight is 422 g/mol. The number of allylic oxidation sites excluding steroid dienone is 1. The number of piperidine rings is 1. The van der Waals surface area contributed by atoms with Crippen molar-refractivity contribution in [1.29, 1.82) is 0 Å². The quantitative estimate of drug-likeness (QED) is 0.750. The van der Waals surface area contributed by atoms with Crippen molar-refractivity contribution in [3.63, 3.8) is 0 Å². The van der Waals surface area contributed by atoms with Gasteiger partial charge in [0, 0.05) is 43.7 Å². The lowest BCUT2D eigenvalue weighted by Crippen LogP contribution is -2.44. The topological polar surface area (TPSA) is 67.5 Å². The molecule has 3 heterocycles. The number of hydrogen-bond acceptors (Lipinski definition) is 3. The molecule has 6 nitrogen and oxygen atoms in total. The van der Waals surface area contributed by atoms with E-state index in [0.717, 1.165) is 5.52 Å². The van der Waals surface area contributed by atoms with Gasteiger partial charge < -0.3 is 19.2 Å². The van der Waals surface area contributed by atoms with E-state index in [1.54, 1.807) is 12.1 Å². The Morgan fingerprint density at radius 3 is 2.69 bits per heavy atom. The number of likely N-dealkylation sites (tertiary alicyclic amines) is 1. The van der Waals surface area contributed by atoms with Crippen molar-refractivity contribution in [3.05, 3.63) is 35.2 Å². The first-order valence-electron chi connectivity index (χ1n) is 8.89. The summed E-state index contributed by atoms with van der Waals surface area (Å²) in [5.41, 5.74) is 2.14. The lowest BCUT2D eigenvalue weighted by atomic mass is 9.95. The molecule has 1 saturated heterocycles. The minimum atomic E-state index is -0.0305. The minimum absolute atomic E-state index is 0.0198. The third kappa shape index (κ3) is 3.72. The summed E-state index contributed by atoms with van der Waals surface area (Å²) < 4.78 is 8.15. The number of nitrogens with one attached hydrogen (secondary N) is 1. The van der Waals surface area contributed by atoms with Crippen LogP contribution in [0.5, 0.6) is 0 Å². The number of aromatic nitrogens is 1. The summed E-state index contributed by atoms with van der Waals surface area (Å²) in [5.74, 6) is 0.0372. The van der Waals surface area contributed by atoms with E-state index in [4.69, 9.17) is 4.42 Å². The van der Waals surface area contributed by atoms with Gasteiger partial charge in [-0.25, -0.2) is 0 Å². The number of furan rings is 1. The van der Waals surface area contributed by atoms with Crippen molar-refractivity contribution < 1.29 is 14.0 Å². The molecule has 3 rings (SSSR count). The normalized spacial score (nSPS) is 15.6. The van der Waals surface area contributed by atoms with Gasteiger partial charge in [-0.3, -0.25) is 9.59 Å². The van der Waals surface area contributed by atoms with E-state index in [-0.39, 0.29) is 23.8 Å². The molecule has 0 bridgehead atoms. The third-order valence-corrected chi connectivity index (χ3v) is 5.06. The molecule has 0 aromatic carbocycles. The number of rotatable bonds is 5. The van der Waals surface area contributed by atoms with Crippen LogP contribution in [-0.2, 0) is 11.3 Å². The number of carbonyl (C=O) groups is 2. The van der Waals surface area contributed by atoms with Crippen LogP contribution < -0.4 is 5.32 Å². The van der Waals surface area contributed by atoms with E-state index in [2.05, 4.69) is 27.8 Å². The largest absolute Gasteiger partial charge is 0.448 e. The maximum atomic E-state index is 13.0. The van der Waals surface area contributed by atoms with Gasteiger partial charge in [-0.1, -0.05) is 6.08 Å². The molecule has 0 aliphatic carbocycles. The van der Waals surface area contributed by atoms with Crippen LogP contribution in [0.2, 0.25) is 0 Å². The molecule has 0 unspecified atom stereocenters. The van der Waals surface area contributed by atoms with Gasteiger partial charge in [-0.05, 0) is 42.6 Å². The summed E-state index contributed by atoms with van der Waals surface area (Å²) >= 11 is 3.33. The SMILES string of the molecule is C=CCn1c(C(=O)N2CCC(C(=O)NC(C)C)CC2)cc2oc(Br)cc21. The van der Waals surface area contributed by atoms with E-state index in [1.165, 1.54) is 0 Å². The maximum absolute atomic E-state index is 13.0. The summed E-state index contributed by atoms with van der Waals surface area (Å²) in [6.45, 7) is 9.39. The van der Waals surface area contributed by atoms with Gasteiger partial charge in [0.05, 0.1) is 5.52 Å². The van der Waals surface area contributed by atoms with Crippen LogP contribution in [0.1, 0.15) is 37.2 Å². The fourth-order valence-electron chi connectivity index (χ4n) is 3.42. The molecular formula is C19H24BrN3O3. The van der Waals surface area contributed by atoms with Crippen molar-refractivity contribution in [1.82, 2.24) is 14.8 Å². The highest BCUT2D eigenvalue weighted by Crippen LogP contribution is 2.28. The zero-order chi connectivity index (χ0) is 18.8. The zero-order valence-electron chi connectivity index (χ0n) is 15.1. The predicted octanol–water partition coefficient (Wildman–Crippen LogP) is 3.56. The molecule has 2 amide bonds. The van der Waals surface area contributed by atoms with Crippen LogP contribution in [0.4, 0.5) is 0 Å². The Bertz CT molecular complexity index is 829. The lowest BCUT2D eigenvalue weighted by Gasteiger charge is -2.32. The number of halogens is 1. The van der Waals surface area contributed by atoms with E-state index >= 15 is 0 Å². The second kappa shape index (κ2) is 7.70. The summed E-state index contributed by atoms with van der Waals surface area (Å²) in [4.78, 5) is 27.0. The standard InChI is InChI=1S/C19H24BrN3O3/c1-4-7-23-14-11-17(20)26-16(14)10-15(23)19(25)22-8-5-13(6-9-22)18(24)21-12(2)3/h4,10-13H,1,5-9H2,2-3H3,(H,21,24). The number of hydrogen-bond donors (Lipinski definition) is 1. The number of fused-ring (bicyclic) bond motifs is 1. The second-order valence-corrected chi connectivity index (χ2v) is 7.74. The van der Waals surface area contributed by atoms with Crippen molar-refractivity contribution in [2.75, 3.05) is 13.1 Å². The highest BCUT2D eigenvalue weighted by molar-refractivity contribution is 9.10. The average Bonchev–Trinajstić information content (AvgIpc) is 3.11. The van der Waals surface area contributed by atoms with Crippen molar-refractivity contribution in [2.45, 2.75) is 39.3 Å². The third-order valence-electron chi connectivity index (χ3n) is 4.67. The van der Waals surface area contributed by atoms with Crippen LogP contribution in [0, 0.1) is 5.92 Å². The molecule has 1 aliphatic heterocycles. The Labute approximate surface area is 161 Å². The van der Waals surface area contributed by atoms with Crippen molar-refractivity contribution >= 4 is 38.8 Å². The molecule has 0 spiro atoms. The van der Waals surface area contributed by atoms with Gasteiger partial charge in [-0.2, -0.15) is 0 Å². The van der Waals surface area contributed by atoms with E-state index < -0.39 is 0 Å². The van der Waals surface area contributed by atoms with E-state index in [9.17, 15) is 9.59 Å². The smallest absolute Gasteiger partial charge is 0.270 e. The van der Waals surface area contributed by atoms with Gasteiger partial charge >= 0.3 is 0 Å². The fourth-order valence-corrected chi connectivity index (χ4v) is 3.81. The van der Waals surface area contributed by atoms with Crippen LogP contribution in [0.3, 0.4) is 0 Å². The lowest BCUT2D eigenvalue weighted by molar-refractivity contribution is -0.126. The second-order valence-electron chi connectivity index (χ2n) is 6.96. The molecular weight excluding hydrogens is 398 g/mol. The Kier molecular flexibility index (Phi) is 5.55. The fraction of sp³-hybridized carbons (Fsp3) is 0.474. The minimum Gasteiger partial charge on any atom is -0.448 e. The van der Waals surface area contributed by atoms with Crippen LogP contribution in [0.25, 0.3) is 11.1 Å². The molecule has 0 saturated carbocycles. The number of nitrogens with zero attached hydrogens (tertiary/aromatic N) is 2. The number of carbonyl (C=O) groups excluding carboxylic acids is 2. The summed E-state index contributed by atoms with van der Waals surface area (Å²) in [7, 11) is 0.